The van der Waals surface area contributed by atoms with Crippen molar-refractivity contribution in [3.8, 4) is 44.5 Å². The average molecular weight is 2050 g/mol. The van der Waals surface area contributed by atoms with E-state index in [0.717, 1.165) is 81.2 Å². The van der Waals surface area contributed by atoms with Crippen LogP contribution in [0, 0.1) is 41.5 Å². The Labute approximate surface area is 834 Å². The van der Waals surface area contributed by atoms with Gasteiger partial charge in [0, 0.05) is 116 Å². The third-order valence-electron chi connectivity index (χ3n) is 25.9. The lowest BCUT2D eigenvalue weighted by atomic mass is 9.96. The molecule has 28 nitrogen and oxygen atoms in total. The Bertz CT molecular complexity index is 7670. The molecule has 14 aromatic rings. The van der Waals surface area contributed by atoms with Crippen molar-refractivity contribution in [2.45, 2.75) is 135 Å². The van der Waals surface area contributed by atoms with Crippen LogP contribution in [0.25, 0.3) is 71.9 Å². The van der Waals surface area contributed by atoms with E-state index in [1.54, 1.807) is 62.4 Å². The second kappa shape index (κ2) is 43.4. The van der Waals surface area contributed by atoms with Gasteiger partial charge >= 0.3 is 48.6 Å². The first kappa shape index (κ1) is 108. The zero-order valence-corrected chi connectivity index (χ0v) is 80.7. The van der Waals surface area contributed by atoms with Gasteiger partial charge in [0.25, 0.3) is 40.0 Å². The molecule has 6 atom stereocenters. The molecule has 4 amide bonds. The number of para-hydroxylation sites is 4. The number of hydrogen-bond donors (Lipinski definition) is 11. The van der Waals surface area contributed by atoms with Crippen molar-refractivity contribution in [2.75, 3.05) is 5.32 Å². The zero-order chi connectivity index (χ0) is 108. The number of aliphatic carboxylic acids is 4. The third kappa shape index (κ3) is 23.6. The molecule has 2 aliphatic rings. The number of amides is 4. The number of alkyl halides is 12. The number of rotatable bonds is 24. The number of carbonyl (C=O) groups excluding carboxylic acids is 4. The highest BCUT2D eigenvalue weighted by Crippen LogP contribution is 2.43. The maximum atomic E-state index is 13.7. The lowest BCUT2D eigenvalue weighted by Gasteiger charge is -2.19. The molecule has 0 aliphatic carbocycles. The number of fused-ring (bicyclic) bond motifs is 4. The smallest absolute Gasteiger partial charge is 0.417 e. The molecular weight excluding hydrogens is 1950 g/mol. The van der Waals surface area contributed by atoms with E-state index in [1.807, 2.05) is 55.5 Å². The number of benzene rings is 8. The maximum Gasteiger partial charge on any atom is 0.417 e. The topological polar surface area (TPSA) is 410 Å². The number of nitrogens with one attached hydrogen (secondary N) is 7. The van der Waals surface area contributed by atoms with E-state index >= 15 is 0 Å². The largest absolute Gasteiger partial charge is 0.480 e. The van der Waals surface area contributed by atoms with Gasteiger partial charge in [-0.1, -0.05) is 183 Å². The van der Waals surface area contributed by atoms with Crippen molar-refractivity contribution in [1.29, 1.82) is 0 Å². The van der Waals surface area contributed by atoms with Gasteiger partial charge in [0.1, 0.15) is 47.3 Å². The SMILES string of the molecule is C=C1c2ccccc2NC1C(=O)NC(Cc1ccc(-c2c(C(F)(F)F)cc(C)n(C)c2=O)cc1)C(=O)O.Cc1c(C(=O)NC(Cc2ccc(-c3c(C(F)(F)F)cc(C)n(C)c3=O)cc2)C(=O)O)[nH]c2ccccc12.Cc1c(C(=O)NC(Cc2ccc(-c3c(C(F)(F)F)cc(C)n(C)c3=O)cc2)C(=O)O)[nH]c2ccccc12.Cc1cc(C(F)(F)F)c(-c2ccc(CC(NC(=O)C3=Nc4ccccc4C3C)C(=O)O)cc2)c(=O)n1C. The monoisotopic (exact) mass is 2040 g/mol. The van der Waals surface area contributed by atoms with Crippen molar-refractivity contribution in [2.24, 2.45) is 33.2 Å². The molecule has 8 heterocycles. The van der Waals surface area contributed by atoms with E-state index in [2.05, 4.69) is 48.1 Å². The standard InChI is InChI=1S/4C27H24F3N3O4/c4*1-14-12-19(27(28,29)30)22(25(35)33(14)3)17-10-8-16(9-11-17)13-21(26(36)37)32-24(34)23-15(2)18-6-4-5-7-20(18)31-23/h2*4-12,21,31H,13H2,1-3H3,(H,32,34)(H,36,37);4-12,15,21H,13H2,1-3H3,(H,32,34)(H,36,37);4-12,21,23,31H,2,13H2,1,3H3,(H,32,34)(H,36,37). The van der Waals surface area contributed by atoms with Crippen LogP contribution in [0.1, 0.15) is 123 Å². The van der Waals surface area contributed by atoms with Crippen LogP contribution in [0.4, 0.5) is 64.1 Å². The van der Waals surface area contributed by atoms with Crippen molar-refractivity contribution in [3.05, 3.63) is 367 Å². The second-order valence-corrected chi connectivity index (χ2v) is 35.6. The summed E-state index contributed by atoms with van der Waals surface area (Å²) >= 11 is 0. The number of carbonyl (C=O) groups is 8. The van der Waals surface area contributed by atoms with Crippen LogP contribution >= 0.6 is 0 Å². The Morgan fingerprint density at radius 2 is 0.655 bits per heavy atom. The lowest BCUT2D eigenvalue weighted by Crippen LogP contribution is -2.48. The number of aliphatic imine (C=N–C) groups is 1. The summed E-state index contributed by atoms with van der Waals surface area (Å²) < 4.78 is 169. The minimum atomic E-state index is -4.73. The Morgan fingerprint density at radius 3 is 0.946 bits per heavy atom. The molecule has 6 aromatic heterocycles. The van der Waals surface area contributed by atoms with E-state index in [-0.39, 0.29) is 93.7 Å². The molecule has 11 N–H and O–H groups in total. The molecule has 0 fully saturated rings. The molecule has 768 valence electrons. The first-order valence-corrected chi connectivity index (χ1v) is 45.5. The van der Waals surface area contributed by atoms with Crippen LogP contribution in [0.5, 0.6) is 0 Å². The van der Waals surface area contributed by atoms with E-state index < -0.39 is 169 Å². The van der Waals surface area contributed by atoms with Gasteiger partial charge in [0.05, 0.1) is 50.2 Å². The predicted molar refractivity (Wildman–Crippen MR) is 530 cm³/mol. The molecule has 0 bridgehead atoms. The number of pyridine rings is 4. The molecule has 148 heavy (non-hydrogen) atoms. The number of aromatic nitrogens is 6. The summed E-state index contributed by atoms with van der Waals surface area (Å²) in [6.45, 7) is 14.9. The summed E-state index contributed by atoms with van der Waals surface area (Å²) in [5, 5.41) is 53.5. The van der Waals surface area contributed by atoms with Gasteiger partial charge in [0.15, 0.2) is 0 Å². The maximum absolute atomic E-state index is 13.7. The summed E-state index contributed by atoms with van der Waals surface area (Å²) in [5.74, 6) is -7.72. The van der Waals surface area contributed by atoms with Crippen molar-refractivity contribution >= 4 is 92.0 Å². The lowest BCUT2D eigenvalue weighted by molar-refractivity contribution is -0.142. The van der Waals surface area contributed by atoms with E-state index in [0.29, 0.717) is 44.6 Å². The molecule has 16 rings (SSSR count). The van der Waals surface area contributed by atoms with Crippen LogP contribution in [-0.2, 0) is 107 Å². The number of carboxylic acids is 4. The number of aryl methyl sites for hydroxylation is 6. The van der Waals surface area contributed by atoms with Gasteiger partial charge in [-0.05, 0) is 157 Å². The minimum Gasteiger partial charge on any atom is -0.480 e. The molecule has 0 saturated heterocycles. The Hall–Kier alpha value is -17.2. The van der Waals surface area contributed by atoms with Gasteiger partial charge < -0.3 is 75.2 Å². The summed E-state index contributed by atoms with van der Waals surface area (Å²) in [6, 6.07) is 49.1. The highest BCUT2D eigenvalue weighted by molar-refractivity contribution is 6.42. The molecule has 0 spiro atoms. The number of anilines is 1. The van der Waals surface area contributed by atoms with Crippen LogP contribution in [0.2, 0.25) is 0 Å². The summed E-state index contributed by atoms with van der Waals surface area (Å²) in [7, 11) is 5.57. The van der Waals surface area contributed by atoms with Crippen LogP contribution in [-0.4, -0.2) is 132 Å². The van der Waals surface area contributed by atoms with Crippen LogP contribution < -0.4 is 48.8 Å². The molecular formula is C108H96F12N12O16. The highest BCUT2D eigenvalue weighted by atomic mass is 19.4. The molecule has 2 aliphatic heterocycles. The summed E-state index contributed by atoms with van der Waals surface area (Å²) in [6.07, 6.45) is -19.4. The van der Waals surface area contributed by atoms with Crippen molar-refractivity contribution in [3.63, 3.8) is 0 Å². The van der Waals surface area contributed by atoms with Gasteiger partial charge in [-0.3, -0.25) is 38.4 Å². The zero-order valence-electron chi connectivity index (χ0n) is 80.7. The Morgan fingerprint density at radius 1 is 0.378 bits per heavy atom. The third-order valence-corrected chi connectivity index (χ3v) is 25.9. The van der Waals surface area contributed by atoms with Crippen LogP contribution in [0.15, 0.2) is 249 Å². The van der Waals surface area contributed by atoms with Crippen molar-refractivity contribution in [1.82, 2.24) is 49.5 Å². The van der Waals surface area contributed by atoms with Gasteiger partial charge in [-0.25, -0.2) is 24.2 Å². The average Bonchev–Trinajstić information content (AvgIpc) is 1.10. The predicted octanol–water partition coefficient (Wildman–Crippen LogP) is 17.6. The second-order valence-electron chi connectivity index (χ2n) is 35.6. The molecule has 0 saturated carbocycles. The fourth-order valence-electron chi connectivity index (χ4n) is 17.3. The van der Waals surface area contributed by atoms with Gasteiger partial charge in [-0.15, -0.1) is 0 Å². The number of halogens is 12. The van der Waals surface area contributed by atoms with Gasteiger partial charge in [0.2, 0.25) is 5.91 Å². The Balaban J connectivity index is 0.000000165. The molecule has 6 unspecified atom stereocenters. The molecule has 8 aromatic carbocycles. The number of nitrogens with zero attached hydrogens (tertiary/aromatic N) is 5. The fraction of sp³-hybridized carbons (Fsp3) is 0.231. The molecule has 40 heteroatoms. The number of hydrogen-bond acceptors (Lipinski definition) is 14. The van der Waals surface area contributed by atoms with Crippen molar-refractivity contribution < 1.29 is 111 Å². The number of aromatic amines is 2. The first-order valence-electron chi connectivity index (χ1n) is 45.5. The van der Waals surface area contributed by atoms with Crippen LogP contribution in [0.3, 0.4) is 0 Å². The summed E-state index contributed by atoms with van der Waals surface area (Å²) in [4.78, 5) is 160. The Kier molecular flexibility index (Phi) is 31.7. The fourth-order valence-corrected chi connectivity index (χ4v) is 17.3. The van der Waals surface area contributed by atoms with Gasteiger partial charge in [-0.2, -0.15) is 52.7 Å². The van der Waals surface area contributed by atoms with E-state index in [1.165, 1.54) is 153 Å². The van der Waals surface area contributed by atoms with E-state index in [9.17, 15) is 131 Å². The quantitative estimate of drug-likeness (QED) is 0.0250. The summed E-state index contributed by atoms with van der Waals surface area (Å²) in [5.41, 5.74) is 0.571. The number of H-pyrrole nitrogens is 2. The normalized spacial score (nSPS) is 14.0. The first-order chi connectivity index (χ1) is 69.5. The van der Waals surface area contributed by atoms with E-state index in [4.69, 9.17) is 0 Å². The number of carboxylic acid groups (broad SMARTS) is 4. The highest BCUT2D eigenvalue weighted by Gasteiger charge is 2.42. The minimum absolute atomic E-state index is 0.0526. The molecule has 0 radical (unpaired) electrons.